The number of anilines is 2. The van der Waals surface area contributed by atoms with E-state index in [-0.39, 0.29) is 24.4 Å². The molecule has 1 aliphatic heterocycles. The molecule has 11 heteroatoms. The largest absolute Gasteiger partial charge is 0.489 e. The summed E-state index contributed by atoms with van der Waals surface area (Å²) < 4.78 is 10.5. The van der Waals surface area contributed by atoms with Gasteiger partial charge in [0, 0.05) is 18.8 Å². The fraction of sp³-hybridized carbons (Fsp3) is 0.231. The van der Waals surface area contributed by atoms with Gasteiger partial charge < -0.3 is 30.3 Å². The lowest BCUT2D eigenvalue weighted by molar-refractivity contribution is -0.130. The Morgan fingerprint density at radius 3 is 2.54 bits per heavy atom. The number of benzene rings is 2. The first-order valence-corrected chi connectivity index (χ1v) is 12.4. The lowest BCUT2D eigenvalue weighted by Gasteiger charge is -2.34. The molecule has 2 aromatic carbocycles. The van der Waals surface area contributed by atoms with E-state index >= 15 is 0 Å². The molecule has 10 nitrogen and oxygen atoms in total. The molecule has 0 bridgehead atoms. The number of rotatable bonds is 8. The van der Waals surface area contributed by atoms with Crippen LogP contribution in [0.4, 0.5) is 16.2 Å². The summed E-state index contributed by atoms with van der Waals surface area (Å²) in [6, 6.07) is 16.7. The van der Waals surface area contributed by atoms with Crippen molar-refractivity contribution in [3.05, 3.63) is 76.5 Å². The summed E-state index contributed by atoms with van der Waals surface area (Å²) in [4.78, 5) is 51.7. The van der Waals surface area contributed by atoms with Gasteiger partial charge in [-0.2, -0.15) is 0 Å². The summed E-state index contributed by atoms with van der Waals surface area (Å²) >= 11 is 1.13. The number of nitrogens with one attached hydrogen (secondary N) is 3. The number of nitrogens with zero attached hydrogens (tertiary/aromatic N) is 1. The Labute approximate surface area is 217 Å². The molecule has 0 saturated carbocycles. The predicted octanol–water partition coefficient (Wildman–Crippen LogP) is 3.47. The molecule has 0 unspecified atom stereocenters. The molecule has 37 heavy (non-hydrogen) atoms. The van der Waals surface area contributed by atoms with Gasteiger partial charge in [-0.25, -0.2) is 9.59 Å². The topological polar surface area (TPSA) is 126 Å². The minimum Gasteiger partial charge on any atom is -0.489 e. The molecular weight excluding hydrogens is 496 g/mol. The second-order valence-electron chi connectivity index (χ2n) is 8.14. The van der Waals surface area contributed by atoms with E-state index in [0.717, 1.165) is 16.9 Å². The van der Waals surface area contributed by atoms with Gasteiger partial charge in [0.1, 0.15) is 23.3 Å². The SMILES string of the molecule is COC(=O)c1sccc1NC(=O)C[C@@H]1C(=O)NCCN1C(=O)Nc1ccc(OCc2ccccc2)cc1. The molecule has 1 fully saturated rings. The van der Waals surface area contributed by atoms with Crippen LogP contribution in [0.5, 0.6) is 5.75 Å². The Balaban J connectivity index is 1.35. The number of methoxy groups -OCH3 is 1. The van der Waals surface area contributed by atoms with Crippen LogP contribution in [0.25, 0.3) is 0 Å². The maximum Gasteiger partial charge on any atom is 0.350 e. The van der Waals surface area contributed by atoms with Crippen LogP contribution in [0, 0.1) is 0 Å². The lowest BCUT2D eigenvalue weighted by Crippen LogP contribution is -2.59. The zero-order valence-electron chi connectivity index (χ0n) is 20.1. The highest BCUT2D eigenvalue weighted by Crippen LogP contribution is 2.24. The highest BCUT2D eigenvalue weighted by atomic mass is 32.1. The molecule has 1 aromatic heterocycles. The minimum atomic E-state index is -1.01. The summed E-state index contributed by atoms with van der Waals surface area (Å²) in [6.07, 6.45) is -0.276. The molecule has 1 saturated heterocycles. The van der Waals surface area contributed by atoms with E-state index < -0.39 is 29.9 Å². The standard InChI is InChI=1S/C26H26N4O6S/c1-35-25(33)23-20(11-14-37-23)29-22(31)15-21-24(32)27-12-13-30(21)26(34)28-18-7-9-19(10-8-18)36-16-17-5-3-2-4-6-17/h2-11,14,21H,12-13,15-16H2,1H3,(H,27,32)(H,28,34)(H,29,31)/t21-/m1/s1. The number of hydrogen-bond donors (Lipinski definition) is 3. The Morgan fingerprint density at radius 1 is 1.05 bits per heavy atom. The quantitative estimate of drug-likeness (QED) is 0.389. The zero-order valence-corrected chi connectivity index (χ0v) is 20.9. The van der Waals surface area contributed by atoms with E-state index in [1.54, 1.807) is 35.7 Å². The van der Waals surface area contributed by atoms with E-state index in [1.807, 2.05) is 30.3 Å². The third kappa shape index (κ3) is 6.64. The highest BCUT2D eigenvalue weighted by molar-refractivity contribution is 7.12. The van der Waals surface area contributed by atoms with Crippen molar-refractivity contribution >= 4 is 46.5 Å². The van der Waals surface area contributed by atoms with E-state index in [0.29, 0.717) is 23.7 Å². The maximum atomic E-state index is 13.0. The fourth-order valence-corrected chi connectivity index (χ4v) is 4.53. The van der Waals surface area contributed by atoms with Gasteiger partial charge in [-0.15, -0.1) is 11.3 Å². The van der Waals surface area contributed by atoms with Crippen LogP contribution in [-0.4, -0.2) is 55.0 Å². The van der Waals surface area contributed by atoms with E-state index in [9.17, 15) is 19.2 Å². The average molecular weight is 523 g/mol. The summed E-state index contributed by atoms with van der Waals surface area (Å²) in [6.45, 7) is 0.930. The van der Waals surface area contributed by atoms with Crippen molar-refractivity contribution < 1.29 is 28.7 Å². The molecule has 0 spiro atoms. The lowest BCUT2D eigenvalue weighted by atomic mass is 10.1. The number of esters is 1. The Bertz CT molecular complexity index is 1260. The molecule has 3 N–H and O–H groups in total. The number of urea groups is 1. The maximum absolute atomic E-state index is 13.0. The predicted molar refractivity (Wildman–Crippen MR) is 139 cm³/mol. The van der Waals surface area contributed by atoms with Gasteiger partial charge in [-0.3, -0.25) is 9.59 Å². The van der Waals surface area contributed by atoms with Crippen LogP contribution >= 0.6 is 11.3 Å². The molecule has 1 aliphatic rings. The second kappa shape index (κ2) is 12.0. The van der Waals surface area contributed by atoms with Crippen molar-refractivity contribution in [1.82, 2.24) is 10.2 Å². The molecule has 4 rings (SSSR count). The Kier molecular flexibility index (Phi) is 8.37. The molecular formula is C26H26N4O6S. The van der Waals surface area contributed by atoms with Crippen molar-refractivity contribution in [3.63, 3.8) is 0 Å². The van der Waals surface area contributed by atoms with Crippen LogP contribution < -0.4 is 20.7 Å². The first kappa shape index (κ1) is 25.7. The van der Waals surface area contributed by atoms with E-state index in [4.69, 9.17) is 9.47 Å². The van der Waals surface area contributed by atoms with E-state index in [2.05, 4.69) is 16.0 Å². The minimum absolute atomic E-state index is 0.236. The Morgan fingerprint density at radius 2 is 1.81 bits per heavy atom. The van der Waals surface area contributed by atoms with Gasteiger partial charge >= 0.3 is 12.0 Å². The number of amides is 4. The van der Waals surface area contributed by atoms with E-state index in [1.165, 1.54) is 12.0 Å². The molecule has 0 aliphatic carbocycles. The van der Waals surface area contributed by atoms with Crippen LogP contribution in [0.3, 0.4) is 0 Å². The summed E-state index contributed by atoms with van der Waals surface area (Å²) in [5, 5.41) is 9.74. The summed E-state index contributed by atoms with van der Waals surface area (Å²) in [7, 11) is 1.25. The molecule has 192 valence electrons. The van der Waals surface area contributed by atoms with Gasteiger partial charge in [-0.05, 0) is 41.3 Å². The molecule has 4 amide bonds. The van der Waals surface area contributed by atoms with Crippen molar-refractivity contribution in [2.75, 3.05) is 30.8 Å². The number of thiophene rings is 1. The average Bonchev–Trinajstić information content (AvgIpc) is 3.37. The number of carbonyl (C=O) groups is 4. The van der Waals surface area contributed by atoms with Crippen molar-refractivity contribution in [3.8, 4) is 5.75 Å². The van der Waals surface area contributed by atoms with Crippen molar-refractivity contribution in [2.24, 2.45) is 0 Å². The van der Waals surface area contributed by atoms with Crippen LogP contribution in [0.1, 0.15) is 21.7 Å². The van der Waals surface area contributed by atoms with Gasteiger partial charge in [0.05, 0.1) is 19.2 Å². The number of carbonyl (C=O) groups excluding carboxylic acids is 4. The van der Waals surface area contributed by atoms with Crippen molar-refractivity contribution in [2.45, 2.75) is 19.1 Å². The number of hydrogen-bond acceptors (Lipinski definition) is 7. The number of ether oxygens (including phenoxy) is 2. The second-order valence-corrected chi connectivity index (χ2v) is 9.05. The smallest absolute Gasteiger partial charge is 0.350 e. The molecule has 2 heterocycles. The van der Waals surface area contributed by atoms with Crippen LogP contribution in [0.2, 0.25) is 0 Å². The first-order valence-electron chi connectivity index (χ1n) is 11.5. The number of piperazine rings is 1. The molecule has 3 aromatic rings. The summed E-state index contributed by atoms with van der Waals surface area (Å²) in [5.74, 6) is -0.866. The fourth-order valence-electron chi connectivity index (χ4n) is 3.77. The third-order valence-corrected chi connectivity index (χ3v) is 6.53. The summed E-state index contributed by atoms with van der Waals surface area (Å²) in [5.41, 5.74) is 1.86. The zero-order chi connectivity index (χ0) is 26.2. The van der Waals surface area contributed by atoms with Gasteiger partial charge in [0.25, 0.3) is 0 Å². The van der Waals surface area contributed by atoms with Gasteiger partial charge in [0.15, 0.2) is 0 Å². The van der Waals surface area contributed by atoms with Crippen LogP contribution in [0.15, 0.2) is 66.0 Å². The molecule has 0 radical (unpaired) electrons. The third-order valence-electron chi connectivity index (χ3n) is 5.63. The highest BCUT2D eigenvalue weighted by Gasteiger charge is 2.35. The van der Waals surface area contributed by atoms with Gasteiger partial charge in [0.2, 0.25) is 11.8 Å². The van der Waals surface area contributed by atoms with Crippen molar-refractivity contribution in [1.29, 1.82) is 0 Å². The normalized spacial score (nSPS) is 14.9. The van der Waals surface area contributed by atoms with Gasteiger partial charge in [-0.1, -0.05) is 30.3 Å². The molecule has 1 atom stereocenters. The monoisotopic (exact) mass is 522 g/mol. The first-order chi connectivity index (χ1) is 17.9. The Hall–Kier alpha value is -4.38. The van der Waals surface area contributed by atoms with Crippen LogP contribution in [-0.2, 0) is 20.9 Å².